The molecule has 12 heteroatoms. The van der Waals surface area contributed by atoms with Gasteiger partial charge in [-0.15, -0.1) is 0 Å². The molecule has 0 aromatic heterocycles. The van der Waals surface area contributed by atoms with Crippen molar-refractivity contribution in [3.05, 3.63) is 0 Å². The second-order valence-electron chi connectivity index (χ2n) is 24.2. The van der Waals surface area contributed by atoms with Crippen LogP contribution in [-0.2, 0) is 19.2 Å². The van der Waals surface area contributed by atoms with Gasteiger partial charge in [0.2, 0.25) is 0 Å². The molecular formula is C44H70N4O8. The van der Waals surface area contributed by atoms with Gasteiger partial charge in [-0.05, 0) is 136 Å². The van der Waals surface area contributed by atoms with Crippen LogP contribution in [-0.4, -0.2) is 149 Å². The fourth-order valence-corrected chi connectivity index (χ4v) is 17.1. The minimum absolute atomic E-state index is 0.144. The van der Waals surface area contributed by atoms with E-state index in [1.54, 1.807) is 0 Å². The predicted octanol–water partition coefficient (Wildman–Crippen LogP) is 2.84. The molecule has 0 aliphatic carbocycles. The fraction of sp³-hybridized carbons (Fsp3) is 0.909. The Kier molecular flexibility index (Phi) is 7.80. The normalized spacial score (nSPS) is 53.1. The van der Waals surface area contributed by atoms with Crippen molar-refractivity contribution < 1.29 is 39.6 Å². The summed E-state index contributed by atoms with van der Waals surface area (Å²) in [7, 11) is 0. The van der Waals surface area contributed by atoms with Gasteiger partial charge in [-0.25, -0.2) is 0 Å². The molecule has 12 rings (SSSR count). The molecule has 12 fully saturated rings. The Morgan fingerprint density at radius 3 is 1.16 bits per heavy atom. The molecule has 0 radical (unpaired) electrons. The smallest absolute Gasteiger partial charge is 0.176 e. The van der Waals surface area contributed by atoms with Crippen LogP contribution < -0.4 is 0 Å². The van der Waals surface area contributed by atoms with E-state index in [9.17, 15) is 20.4 Å². The third kappa shape index (κ3) is 3.93. The first-order chi connectivity index (χ1) is 25.1. The molecule has 0 aromatic rings. The Morgan fingerprint density at radius 2 is 0.714 bits per heavy atom. The molecule has 12 heterocycles. The van der Waals surface area contributed by atoms with E-state index in [-0.39, 0.29) is 31.5 Å². The van der Waals surface area contributed by atoms with Crippen molar-refractivity contribution in [2.75, 3.05) is 0 Å². The highest BCUT2D eigenvalue weighted by Gasteiger charge is 2.94. The molecule has 314 valence electrons. The SMILES string of the molecule is CC1(C)CC2C(=O)CC3(C(=O)C4CC(C)(C)N(C(C)(C)C4O)C34C(=O)C3CC(C)(C)N(C(C)(C)C3O)C43C(=O)C4CC(C)(C)N3C(C)(C)C4O)N1C(C)(C)C2O. The minimum atomic E-state index is -2.31. The van der Waals surface area contributed by atoms with Gasteiger partial charge in [-0.2, -0.15) is 0 Å². The summed E-state index contributed by atoms with van der Waals surface area (Å²) in [5.74, 6) is -5.71. The van der Waals surface area contributed by atoms with Gasteiger partial charge < -0.3 is 20.4 Å². The lowest BCUT2D eigenvalue weighted by molar-refractivity contribution is -0.336. The van der Waals surface area contributed by atoms with E-state index in [1.165, 1.54) is 0 Å². The molecule has 12 aliphatic heterocycles. The Hall–Kier alpha value is -1.64. The lowest BCUT2D eigenvalue weighted by Gasteiger charge is -2.81. The fourth-order valence-electron chi connectivity index (χ4n) is 17.1. The monoisotopic (exact) mass is 783 g/mol. The largest absolute Gasteiger partial charge is 0.390 e. The van der Waals surface area contributed by atoms with E-state index in [0.717, 1.165) is 0 Å². The lowest BCUT2D eigenvalue weighted by Crippen LogP contribution is -3.02. The lowest BCUT2D eigenvalue weighted by atomic mass is 9.49. The summed E-state index contributed by atoms with van der Waals surface area (Å²) in [6, 6.07) is 0. The van der Waals surface area contributed by atoms with Gasteiger partial charge in [0.15, 0.2) is 23.0 Å². The van der Waals surface area contributed by atoms with E-state index in [2.05, 4.69) is 9.80 Å². The number of hydrogen-bond donors (Lipinski definition) is 4. The van der Waals surface area contributed by atoms with E-state index >= 15 is 19.2 Å². The molecule has 4 N–H and O–H groups in total. The number of piperidine rings is 6. The molecule has 15 unspecified atom stereocenters. The molecule has 12 aliphatic rings. The van der Waals surface area contributed by atoms with Crippen LogP contribution in [0.2, 0.25) is 0 Å². The number of ketones is 4. The summed E-state index contributed by atoms with van der Waals surface area (Å²) in [5.41, 5.74) is -15.6. The Morgan fingerprint density at radius 1 is 0.411 bits per heavy atom. The quantitative estimate of drug-likeness (QED) is 0.285. The van der Waals surface area contributed by atoms with Gasteiger partial charge in [0, 0.05) is 68.5 Å². The standard InChI is InChI=1S/C44H70N4O8/c1-34(2)17-22-26(49)21-42(45(34)38(9,10)27(22)50)31(54)23-18-35(3,4)46(39(11,12)28(23)51)43(42)32(55)24-19-36(5,6)47(40(13,14)29(24)52)44(43)33(56)25-20-37(7,8)48(44)41(15,16)30(25)53/h22-25,27-30,50-53H,17-21H2,1-16H3. The van der Waals surface area contributed by atoms with E-state index in [4.69, 9.17) is 0 Å². The maximum atomic E-state index is 17.5. The molecule has 0 saturated carbocycles. The number of fused-ring (bicyclic) bond motifs is 9. The zero-order valence-corrected chi connectivity index (χ0v) is 36.9. The zero-order valence-electron chi connectivity index (χ0n) is 36.9. The first-order valence-corrected chi connectivity index (χ1v) is 21.2. The van der Waals surface area contributed by atoms with Gasteiger partial charge in [0.05, 0.1) is 30.3 Å². The van der Waals surface area contributed by atoms with Gasteiger partial charge in [-0.1, -0.05) is 0 Å². The van der Waals surface area contributed by atoms with Crippen LogP contribution in [0.4, 0.5) is 0 Å². The minimum Gasteiger partial charge on any atom is -0.390 e. The first kappa shape index (κ1) is 41.1. The third-order valence-corrected chi connectivity index (χ3v) is 17.5. The van der Waals surface area contributed by atoms with Crippen LogP contribution in [0.15, 0.2) is 0 Å². The molecule has 8 bridgehead atoms. The molecule has 0 amide bonds. The number of hydrogen-bond acceptors (Lipinski definition) is 12. The molecular weight excluding hydrogens is 713 g/mol. The summed E-state index contributed by atoms with van der Waals surface area (Å²) in [4.78, 5) is 75.0. The highest BCUT2D eigenvalue weighted by atomic mass is 16.3. The van der Waals surface area contributed by atoms with Crippen molar-refractivity contribution in [3.8, 4) is 0 Å². The average molecular weight is 783 g/mol. The highest BCUT2D eigenvalue weighted by molar-refractivity contribution is 6.14. The topological polar surface area (TPSA) is 162 Å². The molecule has 0 aromatic carbocycles. The van der Waals surface area contributed by atoms with Crippen LogP contribution in [0.25, 0.3) is 0 Å². The number of carbonyl (C=O) groups excluding carboxylic acids is 4. The molecule has 15 atom stereocenters. The van der Waals surface area contributed by atoms with Crippen LogP contribution in [0.3, 0.4) is 0 Å². The summed E-state index contributed by atoms with van der Waals surface area (Å²) < 4.78 is 0. The van der Waals surface area contributed by atoms with Crippen LogP contribution in [0.1, 0.15) is 143 Å². The van der Waals surface area contributed by atoms with Gasteiger partial charge >= 0.3 is 0 Å². The van der Waals surface area contributed by atoms with Crippen molar-refractivity contribution in [2.24, 2.45) is 23.7 Å². The molecule has 12 saturated heterocycles. The second kappa shape index (κ2) is 10.6. The maximum Gasteiger partial charge on any atom is 0.176 e. The summed E-state index contributed by atoms with van der Waals surface area (Å²) in [6.45, 7) is 31.0. The number of carbonyl (C=O) groups is 4. The van der Waals surface area contributed by atoms with Crippen molar-refractivity contribution >= 4 is 23.1 Å². The number of aliphatic hydroxyl groups excluding tert-OH is 4. The molecule has 12 nitrogen and oxygen atoms in total. The van der Waals surface area contributed by atoms with Crippen molar-refractivity contribution in [3.63, 3.8) is 0 Å². The average Bonchev–Trinajstić information content (AvgIpc) is 3.27. The predicted molar refractivity (Wildman–Crippen MR) is 209 cm³/mol. The number of Topliss-reactive ketones (excluding diaryl/α,β-unsaturated/α-hetero) is 4. The van der Waals surface area contributed by atoms with Crippen LogP contribution in [0.5, 0.6) is 0 Å². The van der Waals surface area contributed by atoms with Crippen LogP contribution in [0, 0.1) is 23.7 Å². The first-order valence-electron chi connectivity index (χ1n) is 21.2. The number of aliphatic hydroxyl groups is 4. The number of rotatable bonds is 0. The van der Waals surface area contributed by atoms with Gasteiger partial charge in [0.25, 0.3) is 0 Å². The second-order valence-corrected chi connectivity index (χ2v) is 24.2. The van der Waals surface area contributed by atoms with Crippen molar-refractivity contribution in [1.29, 1.82) is 0 Å². The molecule has 56 heavy (non-hydrogen) atoms. The zero-order chi connectivity index (χ0) is 42.3. The summed E-state index contributed by atoms with van der Waals surface area (Å²) >= 11 is 0. The third-order valence-electron chi connectivity index (χ3n) is 17.5. The van der Waals surface area contributed by atoms with Gasteiger partial charge in [0.1, 0.15) is 16.9 Å². The summed E-state index contributed by atoms with van der Waals surface area (Å²) in [6.07, 6.45) is -4.63. The van der Waals surface area contributed by atoms with Gasteiger partial charge in [-0.3, -0.25) is 38.8 Å². The highest BCUT2D eigenvalue weighted by Crippen LogP contribution is 2.73. The van der Waals surface area contributed by atoms with E-state index in [1.807, 2.05) is 121 Å². The maximum absolute atomic E-state index is 17.5. The van der Waals surface area contributed by atoms with Crippen molar-refractivity contribution in [2.45, 2.75) is 228 Å². The summed E-state index contributed by atoms with van der Waals surface area (Å²) in [5, 5.41) is 50.5. The van der Waals surface area contributed by atoms with E-state index in [0.29, 0.717) is 0 Å². The Labute approximate surface area is 333 Å². The molecule has 3 spiro atoms. The van der Waals surface area contributed by atoms with E-state index < -0.39 is 133 Å². The Balaban J connectivity index is 1.75. The van der Waals surface area contributed by atoms with Crippen LogP contribution >= 0.6 is 0 Å². The van der Waals surface area contributed by atoms with Crippen molar-refractivity contribution in [1.82, 2.24) is 19.6 Å². The Bertz CT molecular complexity index is 1850. The number of nitrogens with zero attached hydrogens (tertiary/aromatic N) is 4.